The highest BCUT2D eigenvalue weighted by Crippen LogP contribution is 2.15. The number of carbonyl (C=O) groups excluding carboxylic acids is 1. The molecular formula is C13H17NO4S. The number of rotatable bonds is 5. The van der Waals surface area contributed by atoms with Gasteiger partial charge in [0.1, 0.15) is 0 Å². The van der Waals surface area contributed by atoms with E-state index in [0.717, 1.165) is 6.42 Å². The highest BCUT2D eigenvalue weighted by atomic mass is 32.2. The van der Waals surface area contributed by atoms with Crippen LogP contribution in [0, 0.1) is 5.92 Å². The molecule has 1 aromatic carbocycles. The van der Waals surface area contributed by atoms with Gasteiger partial charge in [0.15, 0.2) is 5.78 Å². The molecule has 1 unspecified atom stereocenters. The van der Waals surface area contributed by atoms with Crippen molar-refractivity contribution in [2.45, 2.75) is 18.2 Å². The van der Waals surface area contributed by atoms with Crippen molar-refractivity contribution in [2.75, 3.05) is 19.8 Å². The van der Waals surface area contributed by atoms with E-state index in [0.29, 0.717) is 25.3 Å². The van der Waals surface area contributed by atoms with E-state index in [1.54, 1.807) is 12.1 Å². The maximum atomic E-state index is 12.1. The fourth-order valence-electron chi connectivity index (χ4n) is 1.94. The Labute approximate surface area is 113 Å². The average Bonchev–Trinajstić information content (AvgIpc) is 2.90. The Balaban J connectivity index is 2.09. The fourth-order valence-corrected chi connectivity index (χ4v) is 3.10. The predicted molar refractivity (Wildman–Crippen MR) is 70.6 cm³/mol. The second kappa shape index (κ2) is 5.81. The predicted octanol–water partition coefficient (Wildman–Crippen LogP) is 1.20. The van der Waals surface area contributed by atoms with E-state index in [2.05, 4.69) is 4.72 Å². The largest absolute Gasteiger partial charge is 0.381 e. The van der Waals surface area contributed by atoms with Gasteiger partial charge in [-0.1, -0.05) is 12.1 Å². The zero-order chi connectivity index (χ0) is 13.9. The lowest BCUT2D eigenvalue weighted by molar-refractivity contribution is 0.101. The third kappa shape index (κ3) is 3.62. The molecule has 104 valence electrons. The molecule has 6 heteroatoms. The van der Waals surface area contributed by atoms with Crippen LogP contribution in [-0.4, -0.2) is 34.0 Å². The van der Waals surface area contributed by atoms with Gasteiger partial charge < -0.3 is 4.74 Å². The first-order chi connectivity index (χ1) is 8.99. The zero-order valence-electron chi connectivity index (χ0n) is 10.8. The minimum absolute atomic E-state index is 0.124. The van der Waals surface area contributed by atoms with Gasteiger partial charge in [-0.05, 0) is 31.4 Å². The molecule has 2 rings (SSSR count). The van der Waals surface area contributed by atoms with Crippen LogP contribution in [0.4, 0.5) is 0 Å². The molecule has 0 spiro atoms. The van der Waals surface area contributed by atoms with E-state index in [1.165, 1.54) is 19.1 Å². The Kier molecular flexibility index (Phi) is 4.34. The van der Waals surface area contributed by atoms with Crippen molar-refractivity contribution in [2.24, 2.45) is 5.92 Å². The molecule has 0 bridgehead atoms. The van der Waals surface area contributed by atoms with Crippen molar-refractivity contribution < 1.29 is 17.9 Å². The number of hydrogen-bond donors (Lipinski definition) is 1. The van der Waals surface area contributed by atoms with Gasteiger partial charge in [-0.25, -0.2) is 13.1 Å². The molecule has 0 aromatic heterocycles. The molecule has 19 heavy (non-hydrogen) atoms. The number of hydrogen-bond acceptors (Lipinski definition) is 4. The summed E-state index contributed by atoms with van der Waals surface area (Å²) < 4.78 is 32.0. The molecule has 1 atom stereocenters. The van der Waals surface area contributed by atoms with E-state index in [-0.39, 0.29) is 16.6 Å². The van der Waals surface area contributed by atoms with Crippen molar-refractivity contribution in [3.05, 3.63) is 29.8 Å². The number of carbonyl (C=O) groups is 1. The van der Waals surface area contributed by atoms with Gasteiger partial charge in [-0.2, -0.15) is 0 Å². The van der Waals surface area contributed by atoms with Gasteiger partial charge in [0.25, 0.3) is 0 Å². The topological polar surface area (TPSA) is 72.5 Å². The van der Waals surface area contributed by atoms with Crippen molar-refractivity contribution in [1.29, 1.82) is 0 Å². The van der Waals surface area contributed by atoms with Crippen LogP contribution in [0.2, 0.25) is 0 Å². The molecule has 1 saturated heterocycles. The zero-order valence-corrected chi connectivity index (χ0v) is 11.6. The summed E-state index contributed by atoms with van der Waals surface area (Å²) in [6, 6.07) is 6.06. The number of ketones is 1. The summed E-state index contributed by atoms with van der Waals surface area (Å²) >= 11 is 0. The molecule has 1 N–H and O–H groups in total. The van der Waals surface area contributed by atoms with Gasteiger partial charge in [0.2, 0.25) is 10.0 Å². The number of nitrogens with one attached hydrogen (secondary N) is 1. The molecule has 1 aromatic rings. The maximum Gasteiger partial charge on any atom is 0.240 e. The number of sulfonamides is 1. The molecule has 0 amide bonds. The number of ether oxygens (including phenoxy) is 1. The van der Waals surface area contributed by atoms with Crippen molar-refractivity contribution >= 4 is 15.8 Å². The van der Waals surface area contributed by atoms with Crippen LogP contribution in [-0.2, 0) is 14.8 Å². The van der Waals surface area contributed by atoms with E-state index in [9.17, 15) is 13.2 Å². The van der Waals surface area contributed by atoms with Crippen LogP contribution in [0.5, 0.6) is 0 Å². The Hall–Kier alpha value is -1.24. The minimum atomic E-state index is -3.56. The lowest BCUT2D eigenvalue weighted by Crippen LogP contribution is -2.29. The average molecular weight is 283 g/mol. The summed E-state index contributed by atoms with van der Waals surface area (Å²) in [7, 11) is -3.56. The third-order valence-electron chi connectivity index (χ3n) is 3.14. The lowest BCUT2D eigenvalue weighted by atomic mass is 10.1. The van der Waals surface area contributed by atoms with Gasteiger partial charge in [-0.3, -0.25) is 4.79 Å². The Morgan fingerprint density at radius 1 is 1.47 bits per heavy atom. The summed E-state index contributed by atoms with van der Waals surface area (Å²) in [6.07, 6.45) is 0.871. The number of Topliss-reactive ketones (excluding diaryl/α,β-unsaturated/α-hetero) is 1. The lowest BCUT2D eigenvalue weighted by Gasteiger charge is -2.10. The van der Waals surface area contributed by atoms with Crippen molar-refractivity contribution in [3.8, 4) is 0 Å². The van der Waals surface area contributed by atoms with E-state index in [4.69, 9.17) is 4.74 Å². The van der Waals surface area contributed by atoms with Crippen LogP contribution in [0.25, 0.3) is 0 Å². The minimum Gasteiger partial charge on any atom is -0.381 e. The van der Waals surface area contributed by atoms with Crippen LogP contribution < -0.4 is 4.72 Å². The first-order valence-corrected chi connectivity index (χ1v) is 7.66. The van der Waals surface area contributed by atoms with E-state index in [1.807, 2.05) is 0 Å². The SMILES string of the molecule is CC(=O)c1cccc(S(=O)(=O)NCC2CCOC2)c1. The van der Waals surface area contributed by atoms with Crippen LogP contribution in [0.3, 0.4) is 0 Å². The first-order valence-electron chi connectivity index (χ1n) is 6.17. The Morgan fingerprint density at radius 3 is 2.89 bits per heavy atom. The summed E-state index contributed by atoms with van der Waals surface area (Å²) in [6.45, 7) is 3.06. The van der Waals surface area contributed by atoms with Crippen LogP contribution in [0.1, 0.15) is 23.7 Å². The monoisotopic (exact) mass is 283 g/mol. The second-order valence-corrected chi connectivity index (χ2v) is 6.43. The van der Waals surface area contributed by atoms with Crippen molar-refractivity contribution in [3.63, 3.8) is 0 Å². The molecule has 1 aliphatic heterocycles. The van der Waals surface area contributed by atoms with Gasteiger partial charge in [0, 0.05) is 18.7 Å². The van der Waals surface area contributed by atoms with Gasteiger partial charge >= 0.3 is 0 Å². The molecule has 1 heterocycles. The summed E-state index contributed by atoms with van der Waals surface area (Å²) in [5.74, 6) is 0.0759. The molecule has 1 fully saturated rings. The molecule has 0 radical (unpaired) electrons. The molecule has 1 aliphatic rings. The first kappa shape index (κ1) is 14.2. The van der Waals surface area contributed by atoms with Gasteiger partial charge in [-0.15, -0.1) is 0 Å². The summed E-state index contributed by atoms with van der Waals surface area (Å²) in [4.78, 5) is 11.4. The van der Waals surface area contributed by atoms with Gasteiger partial charge in [0.05, 0.1) is 11.5 Å². The van der Waals surface area contributed by atoms with Crippen LogP contribution >= 0.6 is 0 Å². The normalized spacial score (nSPS) is 19.5. The third-order valence-corrected chi connectivity index (χ3v) is 4.56. The molecule has 0 aliphatic carbocycles. The van der Waals surface area contributed by atoms with E-state index >= 15 is 0 Å². The molecule has 5 nitrogen and oxygen atoms in total. The Morgan fingerprint density at radius 2 is 2.26 bits per heavy atom. The molecular weight excluding hydrogens is 266 g/mol. The number of benzene rings is 1. The maximum absolute atomic E-state index is 12.1. The van der Waals surface area contributed by atoms with Crippen LogP contribution in [0.15, 0.2) is 29.2 Å². The molecule has 0 saturated carbocycles. The Bertz CT molecular complexity index is 562. The highest BCUT2D eigenvalue weighted by Gasteiger charge is 2.20. The smallest absolute Gasteiger partial charge is 0.240 e. The quantitative estimate of drug-likeness (QED) is 0.824. The van der Waals surface area contributed by atoms with E-state index < -0.39 is 10.0 Å². The summed E-state index contributed by atoms with van der Waals surface area (Å²) in [5, 5.41) is 0. The summed E-state index contributed by atoms with van der Waals surface area (Å²) in [5.41, 5.74) is 0.395. The highest BCUT2D eigenvalue weighted by molar-refractivity contribution is 7.89. The van der Waals surface area contributed by atoms with Crippen molar-refractivity contribution in [1.82, 2.24) is 4.72 Å². The fraction of sp³-hybridized carbons (Fsp3) is 0.462. The standard InChI is InChI=1S/C13H17NO4S/c1-10(15)12-3-2-4-13(7-12)19(16,17)14-8-11-5-6-18-9-11/h2-4,7,11,14H,5-6,8-9H2,1H3. The second-order valence-electron chi connectivity index (χ2n) is 4.67.